The van der Waals surface area contributed by atoms with Gasteiger partial charge in [-0.25, -0.2) is 0 Å². The van der Waals surface area contributed by atoms with Gasteiger partial charge in [-0.05, 0) is 43.9 Å². The van der Waals surface area contributed by atoms with Crippen LogP contribution in [0.4, 0.5) is 0 Å². The molecule has 2 heteroatoms. The maximum absolute atomic E-state index is 9.76. The van der Waals surface area contributed by atoms with Gasteiger partial charge < -0.3 is 10.2 Å². The number of benzene rings is 1. The summed E-state index contributed by atoms with van der Waals surface area (Å²) in [4.78, 5) is 0. The Labute approximate surface area is 91.6 Å². The van der Waals surface area contributed by atoms with Gasteiger partial charge in [0.15, 0.2) is 0 Å². The van der Waals surface area contributed by atoms with E-state index in [2.05, 4.69) is 6.92 Å². The van der Waals surface area contributed by atoms with Gasteiger partial charge in [-0.3, -0.25) is 0 Å². The van der Waals surface area contributed by atoms with Gasteiger partial charge in [0.25, 0.3) is 0 Å². The molecular formula is C13H20O2. The molecule has 1 rings (SSSR count). The van der Waals surface area contributed by atoms with Crippen molar-refractivity contribution < 1.29 is 10.2 Å². The van der Waals surface area contributed by atoms with Gasteiger partial charge in [0.1, 0.15) is 11.5 Å². The van der Waals surface area contributed by atoms with Gasteiger partial charge >= 0.3 is 0 Å². The van der Waals surface area contributed by atoms with Crippen LogP contribution in [0.5, 0.6) is 11.5 Å². The van der Waals surface area contributed by atoms with Crippen molar-refractivity contribution in [3.63, 3.8) is 0 Å². The molecule has 0 saturated heterocycles. The van der Waals surface area contributed by atoms with Gasteiger partial charge in [-0.1, -0.05) is 19.8 Å². The third-order valence-electron chi connectivity index (χ3n) is 2.94. The Bertz CT molecular complexity index is 343. The van der Waals surface area contributed by atoms with Gasteiger partial charge in [0, 0.05) is 5.56 Å². The van der Waals surface area contributed by atoms with Crippen LogP contribution in [0.25, 0.3) is 0 Å². The van der Waals surface area contributed by atoms with E-state index in [1.54, 1.807) is 13.0 Å². The Morgan fingerprint density at radius 1 is 1.07 bits per heavy atom. The smallest absolute Gasteiger partial charge is 0.125 e. The van der Waals surface area contributed by atoms with Crippen LogP contribution >= 0.6 is 0 Å². The summed E-state index contributed by atoms with van der Waals surface area (Å²) in [6.07, 6.45) is 4.41. The molecular weight excluding hydrogens is 188 g/mol. The predicted molar refractivity (Wildman–Crippen MR) is 62.5 cm³/mol. The normalized spacial score (nSPS) is 10.6. The van der Waals surface area contributed by atoms with Crippen molar-refractivity contribution >= 4 is 0 Å². The number of phenolic OH excluding ortho intramolecular Hbond substituents is 2. The summed E-state index contributed by atoms with van der Waals surface area (Å²) in [6, 6.07) is 1.78. The number of phenols is 2. The Morgan fingerprint density at radius 2 is 1.73 bits per heavy atom. The van der Waals surface area contributed by atoms with Crippen LogP contribution in [0.1, 0.15) is 42.9 Å². The lowest BCUT2D eigenvalue weighted by Gasteiger charge is -2.11. The summed E-state index contributed by atoms with van der Waals surface area (Å²) in [5.74, 6) is 0.436. The number of hydrogen-bond acceptors (Lipinski definition) is 2. The molecule has 0 radical (unpaired) electrons. The number of unbranched alkanes of at least 4 members (excludes halogenated alkanes) is 2. The second-order valence-electron chi connectivity index (χ2n) is 4.11. The number of hydrogen-bond donors (Lipinski definition) is 2. The zero-order chi connectivity index (χ0) is 11.4. The van der Waals surface area contributed by atoms with E-state index in [1.807, 2.05) is 6.92 Å². The van der Waals surface area contributed by atoms with E-state index >= 15 is 0 Å². The zero-order valence-electron chi connectivity index (χ0n) is 9.80. The van der Waals surface area contributed by atoms with Gasteiger partial charge in [0.2, 0.25) is 0 Å². The first-order valence-corrected chi connectivity index (χ1v) is 5.59. The molecule has 15 heavy (non-hydrogen) atoms. The summed E-state index contributed by atoms with van der Waals surface area (Å²) in [7, 11) is 0. The van der Waals surface area contributed by atoms with Crippen molar-refractivity contribution in [2.24, 2.45) is 0 Å². The SMILES string of the molecule is CCCCCc1cc(O)c(C)c(O)c1C. The molecule has 0 bridgehead atoms. The fourth-order valence-corrected chi connectivity index (χ4v) is 1.76. The fraction of sp³-hybridized carbons (Fsp3) is 0.538. The lowest BCUT2D eigenvalue weighted by molar-refractivity contribution is 0.438. The summed E-state index contributed by atoms with van der Waals surface area (Å²) in [6.45, 7) is 5.80. The average molecular weight is 208 g/mol. The van der Waals surface area contributed by atoms with Crippen LogP contribution in [0.3, 0.4) is 0 Å². The molecule has 0 fully saturated rings. The highest BCUT2D eigenvalue weighted by Crippen LogP contribution is 2.32. The highest BCUT2D eigenvalue weighted by atomic mass is 16.3. The third-order valence-corrected chi connectivity index (χ3v) is 2.94. The van der Waals surface area contributed by atoms with Crippen LogP contribution in [0.2, 0.25) is 0 Å². The quantitative estimate of drug-likeness (QED) is 0.744. The maximum atomic E-state index is 9.76. The molecule has 84 valence electrons. The Morgan fingerprint density at radius 3 is 2.33 bits per heavy atom. The van der Waals surface area contributed by atoms with E-state index < -0.39 is 0 Å². The van der Waals surface area contributed by atoms with Crippen LogP contribution in [-0.2, 0) is 6.42 Å². The molecule has 0 amide bonds. The molecule has 0 atom stereocenters. The summed E-state index contributed by atoms with van der Waals surface area (Å²) < 4.78 is 0. The molecule has 0 aliphatic heterocycles. The van der Waals surface area contributed by atoms with E-state index in [9.17, 15) is 10.2 Å². The highest BCUT2D eigenvalue weighted by molar-refractivity contribution is 5.51. The van der Waals surface area contributed by atoms with Crippen LogP contribution < -0.4 is 0 Å². The first-order chi connectivity index (χ1) is 7.07. The summed E-state index contributed by atoms with van der Waals surface area (Å²) in [5.41, 5.74) is 2.54. The molecule has 0 aromatic heterocycles. The molecule has 1 aromatic carbocycles. The number of aromatic hydroxyl groups is 2. The lowest BCUT2D eigenvalue weighted by Crippen LogP contribution is -1.93. The monoisotopic (exact) mass is 208 g/mol. The van der Waals surface area contributed by atoms with Crippen molar-refractivity contribution in [3.8, 4) is 11.5 Å². The topological polar surface area (TPSA) is 40.5 Å². The molecule has 0 spiro atoms. The van der Waals surface area contributed by atoms with Gasteiger partial charge in [0.05, 0.1) is 0 Å². The molecule has 1 aromatic rings. The van der Waals surface area contributed by atoms with Crippen LogP contribution in [0, 0.1) is 13.8 Å². The highest BCUT2D eigenvalue weighted by Gasteiger charge is 2.10. The van der Waals surface area contributed by atoms with E-state index in [0.717, 1.165) is 24.0 Å². The van der Waals surface area contributed by atoms with Crippen molar-refractivity contribution in [2.75, 3.05) is 0 Å². The molecule has 0 saturated carbocycles. The molecule has 0 unspecified atom stereocenters. The second-order valence-corrected chi connectivity index (χ2v) is 4.11. The average Bonchev–Trinajstić information content (AvgIpc) is 2.23. The van der Waals surface area contributed by atoms with Crippen LogP contribution in [0.15, 0.2) is 6.07 Å². The van der Waals surface area contributed by atoms with Crippen molar-refractivity contribution in [2.45, 2.75) is 46.5 Å². The predicted octanol–water partition coefficient (Wildman–Crippen LogP) is 3.45. The molecule has 0 heterocycles. The lowest BCUT2D eigenvalue weighted by atomic mass is 9.98. The second kappa shape index (κ2) is 5.06. The molecule has 2 N–H and O–H groups in total. The first-order valence-electron chi connectivity index (χ1n) is 5.59. The Kier molecular flexibility index (Phi) is 4.01. The van der Waals surface area contributed by atoms with E-state index in [4.69, 9.17) is 0 Å². The van der Waals surface area contributed by atoms with Gasteiger partial charge in [-0.15, -0.1) is 0 Å². The van der Waals surface area contributed by atoms with Crippen molar-refractivity contribution in [3.05, 3.63) is 22.8 Å². The maximum Gasteiger partial charge on any atom is 0.125 e. The first kappa shape index (κ1) is 11.9. The Balaban J connectivity index is 2.89. The van der Waals surface area contributed by atoms with Crippen LogP contribution in [-0.4, -0.2) is 10.2 Å². The minimum absolute atomic E-state index is 0.199. The number of aryl methyl sites for hydroxylation is 1. The molecule has 0 aliphatic rings. The zero-order valence-corrected chi connectivity index (χ0v) is 9.80. The summed E-state index contributed by atoms with van der Waals surface area (Å²) in [5, 5.41) is 19.4. The van der Waals surface area contributed by atoms with Gasteiger partial charge in [-0.2, -0.15) is 0 Å². The van der Waals surface area contributed by atoms with E-state index in [-0.39, 0.29) is 11.5 Å². The largest absolute Gasteiger partial charge is 0.508 e. The minimum atomic E-state index is 0.199. The Hall–Kier alpha value is -1.18. The summed E-state index contributed by atoms with van der Waals surface area (Å²) >= 11 is 0. The number of rotatable bonds is 4. The standard InChI is InChI=1S/C13H20O2/c1-4-5-6-7-11-8-12(14)10(3)13(15)9(11)2/h8,14-15H,4-7H2,1-3H3. The van der Waals surface area contributed by atoms with E-state index in [0.29, 0.717) is 5.56 Å². The molecule has 0 aliphatic carbocycles. The fourth-order valence-electron chi connectivity index (χ4n) is 1.76. The minimum Gasteiger partial charge on any atom is -0.508 e. The van der Waals surface area contributed by atoms with E-state index in [1.165, 1.54) is 12.8 Å². The van der Waals surface area contributed by atoms with Crippen molar-refractivity contribution in [1.82, 2.24) is 0 Å². The third kappa shape index (κ3) is 2.65. The van der Waals surface area contributed by atoms with Crippen molar-refractivity contribution in [1.29, 1.82) is 0 Å². The molecule has 2 nitrogen and oxygen atoms in total.